The Hall–Kier alpha value is -1.26. The predicted octanol–water partition coefficient (Wildman–Crippen LogP) is 2.36. The van der Waals surface area contributed by atoms with Gasteiger partial charge in [-0.15, -0.1) is 12.4 Å². The van der Waals surface area contributed by atoms with Crippen LogP contribution in [0, 0.1) is 5.92 Å². The number of carbonyl (C=O) groups excluding carboxylic acids is 1. The fourth-order valence-electron chi connectivity index (χ4n) is 1.70. The predicted molar refractivity (Wildman–Crippen MR) is 79.3 cm³/mol. The van der Waals surface area contributed by atoms with Gasteiger partial charge in [0.25, 0.3) is 0 Å². The van der Waals surface area contributed by atoms with Gasteiger partial charge in [0.2, 0.25) is 5.91 Å². The van der Waals surface area contributed by atoms with Gasteiger partial charge in [0.1, 0.15) is 5.75 Å². The van der Waals surface area contributed by atoms with Crippen LogP contribution in [0.2, 0.25) is 0 Å². The third-order valence-electron chi connectivity index (χ3n) is 3.29. The average molecular weight is 287 g/mol. The largest absolute Gasteiger partial charge is 0.508 e. The van der Waals surface area contributed by atoms with Crippen LogP contribution in [0.1, 0.15) is 38.8 Å². The van der Waals surface area contributed by atoms with Crippen LogP contribution in [0.5, 0.6) is 5.75 Å². The first-order valence-electron chi connectivity index (χ1n) is 6.30. The summed E-state index contributed by atoms with van der Waals surface area (Å²) in [6.45, 7) is 5.84. The summed E-state index contributed by atoms with van der Waals surface area (Å²) in [7, 11) is 0. The minimum Gasteiger partial charge on any atom is -0.508 e. The summed E-state index contributed by atoms with van der Waals surface area (Å²) in [5.74, 6) is 0.196. The maximum Gasteiger partial charge on any atom is 0.237 e. The molecule has 1 rings (SSSR count). The van der Waals surface area contributed by atoms with E-state index in [-0.39, 0.29) is 36.0 Å². The summed E-state index contributed by atoms with van der Waals surface area (Å²) in [6.07, 6.45) is 0.870. The van der Waals surface area contributed by atoms with E-state index in [1.807, 2.05) is 26.8 Å². The number of benzene rings is 1. The Kier molecular flexibility index (Phi) is 7.49. The van der Waals surface area contributed by atoms with Gasteiger partial charge in [-0.1, -0.05) is 32.4 Å². The Morgan fingerprint density at radius 3 is 2.58 bits per heavy atom. The molecule has 19 heavy (non-hydrogen) atoms. The summed E-state index contributed by atoms with van der Waals surface area (Å²) in [5, 5.41) is 12.3. The minimum absolute atomic E-state index is 0. The number of hydrogen-bond donors (Lipinski definition) is 3. The van der Waals surface area contributed by atoms with Crippen LogP contribution in [0.3, 0.4) is 0 Å². The molecule has 3 atom stereocenters. The fourth-order valence-corrected chi connectivity index (χ4v) is 1.70. The van der Waals surface area contributed by atoms with Gasteiger partial charge in [-0.25, -0.2) is 0 Å². The van der Waals surface area contributed by atoms with E-state index in [1.165, 1.54) is 0 Å². The summed E-state index contributed by atoms with van der Waals surface area (Å²) < 4.78 is 0. The van der Waals surface area contributed by atoms with E-state index in [4.69, 9.17) is 5.73 Å². The van der Waals surface area contributed by atoms with E-state index >= 15 is 0 Å². The van der Waals surface area contributed by atoms with Crippen LogP contribution in [0.4, 0.5) is 0 Å². The Balaban J connectivity index is 0.00000324. The average Bonchev–Trinajstić information content (AvgIpc) is 2.36. The van der Waals surface area contributed by atoms with Crippen LogP contribution in [0.25, 0.3) is 0 Å². The Morgan fingerprint density at radius 2 is 2.05 bits per heavy atom. The van der Waals surface area contributed by atoms with Crippen molar-refractivity contribution in [2.45, 2.75) is 39.3 Å². The summed E-state index contributed by atoms with van der Waals surface area (Å²) in [6, 6.07) is 6.19. The molecule has 1 aromatic carbocycles. The number of phenolic OH excluding ortho intramolecular Hbond substituents is 1. The molecule has 0 radical (unpaired) electrons. The number of rotatable bonds is 5. The quantitative estimate of drug-likeness (QED) is 0.778. The van der Waals surface area contributed by atoms with E-state index in [0.717, 1.165) is 12.0 Å². The number of nitrogens with one attached hydrogen (secondary N) is 1. The van der Waals surface area contributed by atoms with Crippen molar-refractivity contribution in [3.8, 4) is 5.75 Å². The standard InChI is InChI=1S/C14H22N2O2.ClH/c1-4-9(2)13(15)14(18)16-10(3)11-6-5-7-12(17)8-11;/h5-10,13,17H,4,15H2,1-3H3,(H,16,18);1H. The van der Waals surface area contributed by atoms with Crippen molar-refractivity contribution in [2.24, 2.45) is 11.7 Å². The number of nitrogens with two attached hydrogens (primary N) is 1. The molecule has 0 aliphatic heterocycles. The van der Waals surface area contributed by atoms with Crippen molar-refractivity contribution < 1.29 is 9.90 Å². The van der Waals surface area contributed by atoms with Gasteiger partial charge in [-0.2, -0.15) is 0 Å². The first kappa shape index (κ1) is 17.7. The van der Waals surface area contributed by atoms with Gasteiger partial charge in [0.15, 0.2) is 0 Å². The highest BCUT2D eigenvalue weighted by atomic mass is 35.5. The van der Waals surface area contributed by atoms with Gasteiger partial charge >= 0.3 is 0 Å². The lowest BCUT2D eigenvalue weighted by molar-refractivity contribution is -0.124. The number of aromatic hydroxyl groups is 1. The third kappa shape index (κ3) is 5.09. The molecule has 0 saturated heterocycles. The van der Waals surface area contributed by atoms with Crippen molar-refractivity contribution in [1.82, 2.24) is 5.32 Å². The second-order valence-electron chi connectivity index (χ2n) is 4.74. The van der Waals surface area contributed by atoms with Crippen LogP contribution in [0.15, 0.2) is 24.3 Å². The van der Waals surface area contributed by atoms with Crippen LogP contribution in [-0.4, -0.2) is 17.1 Å². The van der Waals surface area contributed by atoms with Crippen molar-refractivity contribution in [1.29, 1.82) is 0 Å². The number of carbonyl (C=O) groups is 1. The van der Waals surface area contributed by atoms with E-state index in [1.54, 1.807) is 18.2 Å². The molecule has 0 saturated carbocycles. The molecular weight excluding hydrogens is 264 g/mol. The molecule has 0 aliphatic rings. The van der Waals surface area contributed by atoms with Crippen molar-refractivity contribution in [3.63, 3.8) is 0 Å². The summed E-state index contributed by atoms with van der Waals surface area (Å²) >= 11 is 0. The normalized spacial score (nSPS) is 14.9. The molecule has 4 nitrogen and oxygen atoms in total. The lowest BCUT2D eigenvalue weighted by atomic mass is 9.98. The smallest absolute Gasteiger partial charge is 0.237 e. The van der Waals surface area contributed by atoms with Gasteiger partial charge in [-0.05, 0) is 30.5 Å². The second-order valence-corrected chi connectivity index (χ2v) is 4.74. The van der Waals surface area contributed by atoms with Gasteiger partial charge in [0.05, 0.1) is 12.1 Å². The van der Waals surface area contributed by atoms with Crippen molar-refractivity contribution in [2.75, 3.05) is 0 Å². The number of halogens is 1. The Bertz CT molecular complexity index is 412. The Morgan fingerprint density at radius 1 is 1.42 bits per heavy atom. The maximum absolute atomic E-state index is 11.9. The zero-order chi connectivity index (χ0) is 13.7. The van der Waals surface area contributed by atoms with Crippen molar-refractivity contribution >= 4 is 18.3 Å². The first-order chi connectivity index (χ1) is 8.45. The first-order valence-corrected chi connectivity index (χ1v) is 6.30. The zero-order valence-electron chi connectivity index (χ0n) is 11.6. The zero-order valence-corrected chi connectivity index (χ0v) is 12.4. The molecule has 0 fully saturated rings. The third-order valence-corrected chi connectivity index (χ3v) is 3.29. The molecule has 1 aromatic rings. The molecule has 5 heteroatoms. The monoisotopic (exact) mass is 286 g/mol. The number of hydrogen-bond acceptors (Lipinski definition) is 3. The lowest BCUT2D eigenvalue weighted by Crippen LogP contribution is -2.45. The molecule has 108 valence electrons. The fraction of sp³-hybridized carbons (Fsp3) is 0.500. The lowest BCUT2D eigenvalue weighted by Gasteiger charge is -2.21. The molecule has 0 aliphatic carbocycles. The van der Waals surface area contributed by atoms with E-state index in [9.17, 15) is 9.90 Å². The molecule has 0 spiro atoms. The van der Waals surface area contributed by atoms with Crippen molar-refractivity contribution in [3.05, 3.63) is 29.8 Å². The molecule has 4 N–H and O–H groups in total. The molecule has 0 bridgehead atoms. The van der Waals surface area contributed by atoms with Crippen LogP contribution >= 0.6 is 12.4 Å². The topological polar surface area (TPSA) is 75.4 Å². The molecule has 0 heterocycles. The highest BCUT2D eigenvalue weighted by Gasteiger charge is 2.21. The van der Waals surface area contributed by atoms with Crippen LogP contribution in [-0.2, 0) is 4.79 Å². The SMILES string of the molecule is CCC(C)C(N)C(=O)NC(C)c1cccc(O)c1.Cl. The highest BCUT2D eigenvalue weighted by molar-refractivity contribution is 5.85. The molecule has 3 unspecified atom stereocenters. The molecular formula is C14H23ClN2O2. The van der Waals surface area contributed by atoms with Crippen LogP contribution < -0.4 is 11.1 Å². The molecule has 1 amide bonds. The molecule has 0 aromatic heterocycles. The summed E-state index contributed by atoms with van der Waals surface area (Å²) in [4.78, 5) is 11.9. The summed E-state index contributed by atoms with van der Waals surface area (Å²) in [5.41, 5.74) is 6.73. The number of phenols is 1. The van der Waals surface area contributed by atoms with E-state index in [0.29, 0.717) is 0 Å². The maximum atomic E-state index is 11.9. The van der Waals surface area contributed by atoms with E-state index in [2.05, 4.69) is 5.32 Å². The van der Waals surface area contributed by atoms with E-state index < -0.39 is 6.04 Å². The number of amides is 1. The minimum atomic E-state index is -0.491. The Labute approximate surface area is 120 Å². The second kappa shape index (κ2) is 8.02. The van der Waals surface area contributed by atoms with Gasteiger partial charge in [-0.3, -0.25) is 4.79 Å². The highest BCUT2D eigenvalue weighted by Crippen LogP contribution is 2.18. The van der Waals surface area contributed by atoms with Gasteiger partial charge in [0, 0.05) is 0 Å². The van der Waals surface area contributed by atoms with Gasteiger partial charge < -0.3 is 16.2 Å².